The zero-order chi connectivity index (χ0) is 6.85. The number of rotatable bonds is 1. The molecular weight excluding hydrogens is 114 g/mol. The van der Waals surface area contributed by atoms with Gasteiger partial charge in [0.25, 0.3) is 0 Å². The van der Waals surface area contributed by atoms with Crippen molar-refractivity contribution in [3.8, 4) is 0 Å². The fourth-order valence-corrected chi connectivity index (χ4v) is 1.28. The first-order valence-corrected chi connectivity index (χ1v) is 3.54. The van der Waals surface area contributed by atoms with Gasteiger partial charge in [-0.1, -0.05) is 6.92 Å². The molecule has 9 heavy (non-hydrogen) atoms. The molecule has 0 aromatic rings. The van der Waals surface area contributed by atoms with Crippen molar-refractivity contribution in [2.45, 2.75) is 39.2 Å². The smallest absolute Gasteiger partial charge is 0.163 e. The summed E-state index contributed by atoms with van der Waals surface area (Å²) < 4.78 is 1.17. The van der Waals surface area contributed by atoms with E-state index in [1.54, 1.807) is 0 Å². The minimum Gasteiger partial charge on any atom is -0.624 e. The van der Waals surface area contributed by atoms with E-state index in [1.807, 2.05) is 6.92 Å². The first-order valence-electron chi connectivity index (χ1n) is 3.54. The van der Waals surface area contributed by atoms with Gasteiger partial charge in [-0.15, -0.1) is 0 Å². The molecule has 1 aliphatic rings. The van der Waals surface area contributed by atoms with Crippen LogP contribution in [0.15, 0.2) is 0 Å². The molecule has 0 spiro atoms. The second kappa shape index (κ2) is 2.38. The number of nitrogens with zero attached hydrogens (tertiary/aromatic N) is 1. The van der Waals surface area contributed by atoms with E-state index >= 15 is 0 Å². The van der Waals surface area contributed by atoms with Crippen LogP contribution in [0.1, 0.15) is 33.1 Å². The van der Waals surface area contributed by atoms with Crippen LogP contribution in [0, 0.1) is 5.21 Å². The lowest BCUT2D eigenvalue weighted by molar-refractivity contribution is -0.492. The van der Waals surface area contributed by atoms with Crippen LogP contribution in [0.2, 0.25) is 0 Å². The van der Waals surface area contributed by atoms with Gasteiger partial charge in [-0.25, -0.2) is 4.74 Å². The lowest BCUT2D eigenvalue weighted by Crippen LogP contribution is -2.16. The largest absolute Gasteiger partial charge is 0.624 e. The van der Waals surface area contributed by atoms with Crippen LogP contribution in [0.5, 0.6) is 0 Å². The summed E-state index contributed by atoms with van der Waals surface area (Å²) in [4.78, 5) is 0. The Balaban J connectivity index is 2.63. The van der Waals surface area contributed by atoms with Crippen molar-refractivity contribution >= 4 is 5.71 Å². The van der Waals surface area contributed by atoms with Gasteiger partial charge in [0.15, 0.2) is 11.8 Å². The van der Waals surface area contributed by atoms with Crippen LogP contribution in [-0.4, -0.2) is 16.5 Å². The van der Waals surface area contributed by atoms with Crippen LogP contribution in [0.3, 0.4) is 0 Å². The lowest BCUT2D eigenvalue weighted by Gasteiger charge is -2.07. The SMILES string of the molecule is CCC1CCC(C)=[N+]1[O-]. The van der Waals surface area contributed by atoms with Gasteiger partial charge in [0, 0.05) is 26.2 Å². The predicted octanol–water partition coefficient (Wildman–Crippen LogP) is 1.53. The maximum atomic E-state index is 11.0. The molecule has 0 radical (unpaired) electrons. The van der Waals surface area contributed by atoms with Gasteiger partial charge in [-0.2, -0.15) is 0 Å². The van der Waals surface area contributed by atoms with Crippen molar-refractivity contribution in [1.82, 2.24) is 0 Å². The molecule has 0 saturated heterocycles. The van der Waals surface area contributed by atoms with E-state index in [9.17, 15) is 5.21 Å². The van der Waals surface area contributed by atoms with E-state index in [1.165, 1.54) is 4.74 Å². The van der Waals surface area contributed by atoms with Gasteiger partial charge in [-0.05, 0) is 0 Å². The Labute approximate surface area is 55.8 Å². The molecule has 1 rings (SSSR count). The lowest BCUT2D eigenvalue weighted by atomic mass is 10.1. The van der Waals surface area contributed by atoms with Gasteiger partial charge in [-0.3, -0.25) is 0 Å². The first-order chi connectivity index (χ1) is 4.25. The maximum absolute atomic E-state index is 11.0. The molecule has 0 aromatic heterocycles. The summed E-state index contributed by atoms with van der Waals surface area (Å²) in [5.74, 6) is 0. The van der Waals surface area contributed by atoms with Crippen molar-refractivity contribution in [2.24, 2.45) is 0 Å². The highest BCUT2D eigenvalue weighted by molar-refractivity contribution is 5.78. The Morgan fingerprint density at radius 3 is 2.67 bits per heavy atom. The molecule has 0 bridgehead atoms. The van der Waals surface area contributed by atoms with Crippen LogP contribution in [-0.2, 0) is 0 Å². The summed E-state index contributed by atoms with van der Waals surface area (Å²) in [5, 5.41) is 11.0. The van der Waals surface area contributed by atoms with Crippen LogP contribution in [0.25, 0.3) is 0 Å². The van der Waals surface area contributed by atoms with E-state index in [-0.39, 0.29) is 6.04 Å². The summed E-state index contributed by atoms with van der Waals surface area (Å²) in [6, 6.07) is 0.282. The molecule has 0 saturated carbocycles. The minimum atomic E-state index is 0.282. The molecule has 2 nitrogen and oxygen atoms in total. The fourth-order valence-electron chi connectivity index (χ4n) is 1.28. The van der Waals surface area contributed by atoms with Crippen LogP contribution >= 0.6 is 0 Å². The van der Waals surface area contributed by atoms with E-state index in [0.717, 1.165) is 25.0 Å². The van der Waals surface area contributed by atoms with Gasteiger partial charge in [0.1, 0.15) is 0 Å². The van der Waals surface area contributed by atoms with Crippen LogP contribution in [0.4, 0.5) is 0 Å². The molecule has 52 valence electrons. The maximum Gasteiger partial charge on any atom is 0.163 e. The van der Waals surface area contributed by atoms with E-state index < -0.39 is 0 Å². The fraction of sp³-hybridized carbons (Fsp3) is 0.857. The van der Waals surface area contributed by atoms with E-state index in [2.05, 4.69) is 6.92 Å². The van der Waals surface area contributed by atoms with Crippen molar-refractivity contribution in [3.63, 3.8) is 0 Å². The molecule has 0 aliphatic carbocycles. The highest BCUT2D eigenvalue weighted by Gasteiger charge is 2.23. The molecule has 0 aromatic carbocycles. The zero-order valence-electron chi connectivity index (χ0n) is 6.05. The van der Waals surface area contributed by atoms with Crippen molar-refractivity contribution in [1.29, 1.82) is 0 Å². The molecule has 2 heteroatoms. The summed E-state index contributed by atoms with van der Waals surface area (Å²) in [7, 11) is 0. The monoisotopic (exact) mass is 127 g/mol. The summed E-state index contributed by atoms with van der Waals surface area (Å²) >= 11 is 0. The van der Waals surface area contributed by atoms with Crippen LogP contribution < -0.4 is 0 Å². The summed E-state index contributed by atoms with van der Waals surface area (Å²) in [6.45, 7) is 3.98. The third-order valence-corrected chi connectivity index (χ3v) is 2.02. The molecule has 1 atom stereocenters. The average Bonchev–Trinajstić information content (AvgIpc) is 2.15. The predicted molar refractivity (Wildman–Crippen MR) is 37.6 cm³/mol. The number of hydrogen-bond donors (Lipinski definition) is 0. The Bertz CT molecular complexity index is 140. The second-order valence-electron chi connectivity index (χ2n) is 2.66. The molecule has 0 N–H and O–H groups in total. The van der Waals surface area contributed by atoms with Gasteiger partial charge < -0.3 is 5.21 Å². The third-order valence-electron chi connectivity index (χ3n) is 2.02. The first kappa shape index (κ1) is 6.59. The minimum absolute atomic E-state index is 0.282. The normalized spacial score (nSPS) is 27.6. The van der Waals surface area contributed by atoms with E-state index in [0.29, 0.717) is 0 Å². The molecule has 1 aliphatic heterocycles. The van der Waals surface area contributed by atoms with Crippen molar-refractivity contribution in [3.05, 3.63) is 5.21 Å². The molecule has 1 unspecified atom stereocenters. The third kappa shape index (κ3) is 1.07. The van der Waals surface area contributed by atoms with E-state index in [4.69, 9.17) is 0 Å². The van der Waals surface area contributed by atoms with Gasteiger partial charge in [0.2, 0.25) is 0 Å². The Hall–Kier alpha value is -0.530. The average molecular weight is 127 g/mol. The Morgan fingerprint density at radius 2 is 2.44 bits per heavy atom. The quantitative estimate of drug-likeness (QED) is 0.387. The Kier molecular flexibility index (Phi) is 1.74. The summed E-state index contributed by atoms with van der Waals surface area (Å²) in [6.07, 6.45) is 3.05. The second-order valence-corrected chi connectivity index (χ2v) is 2.66. The topological polar surface area (TPSA) is 26.1 Å². The highest BCUT2D eigenvalue weighted by atomic mass is 16.5. The summed E-state index contributed by atoms with van der Waals surface area (Å²) in [5.41, 5.74) is 1.00. The van der Waals surface area contributed by atoms with Crippen molar-refractivity contribution in [2.75, 3.05) is 0 Å². The number of hydroxylamine groups is 1. The standard InChI is InChI=1S/C7H13NO/c1-3-7-5-4-6(2)8(7)9/h7H,3-5H2,1-2H3. The van der Waals surface area contributed by atoms with Crippen molar-refractivity contribution < 1.29 is 4.74 Å². The molecular formula is C7H13NO. The molecule has 0 fully saturated rings. The molecule has 0 amide bonds. The number of hydrogen-bond acceptors (Lipinski definition) is 1. The van der Waals surface area contributed by atoms with Gasteiger partial charge in [0.05, 0.1) is 0 Å². The highest BCUT2D eigenvalue weighted by Crippen LogP contribution is 2.14. The zero-order valence-corrected chi connectivity index (χ0v) is 6.05. The molecule has 1 heterocycles. The van der Waals surface area contributed by atoms with Gasteiger partial charge >= 0.3 is 0 Å². The Morgan fingerprint density at radius 1 is 1.78 bits per heavy atom.